The molecule has 7 nitrogen and oxygen atoms in total. The first-order valence-electron chi connectivity index (χ1n) is 10.8. The third-order valence-electron chi connectivity index (χ3n) is 5.35. The molecule has 0 unspecified atom stereocenters. The van der Waals surface area contributed by atoms with Gasteiger partial charge in [-0.3, -0.25) is 0 Å². The van der Waals surface area contributed by atoms with E-state index in [0.717, 1.165) is 17.8 Å². The molecule has 3 rings (SSSR count). The Morgan fingerprint density at radius 3 is 2.38 bits per heavy atom. The number of carboxylic acid groups (broad SMARTS) is 1. The second kappa shape index (κ2) is 9.90. The van der Waals surface area contributed by atoms with Gasteiger partial charge in [0.25, 0.3) is 0 Å². The van der Waals surface area contributed by atoms with Gasteiger partial charge in [-0.15, -0.1) is 0 Å². The first-order valence-corrected chi connectivity index (χ1v) is 10.8. The molecule has 1 amide bonds. The van der Waals surface area contributed by atoms with E-state index in [0.29, 0.717) is 32.0 Å². The molecule has 1 aromatic heterocycles. The molecule has 1 aliphatic rings. The van der Waals surface area contributed by atoms with E-state index in [1.807, 2.05) is 26.8 Å². The Kier molecular flexibility index (Phi) is 7.38. The number of alkyl halides is 3. The van der Waals surface area contributed by atoms with Crippen molar-refractivity contribution in [3.05, 3.63) is 58.8 Å². The summed E-state index contributed by atoms with van der Waals surface area (Å²) in [4.78, 5) is 29.4. The molecular weight excluding hydrogens is 453 g/mol. The van der Waals surface area contributed by atoms with Crippen LogP contribution in [0.15, 0.2) is 36.4 Å². The van der Waals surface area contributed by atoms with Crippen LogP contribution in [0.1, 0.15) is 66.7 Å². The highest BCUT2D eigenvalue weighted by Crippen LogP contribution is 2.34. The number of hydrogen-bond donors (Lipinski definition) is 1. The third kappa shape index (κ3) is 6.61. The average Bonchev–Trinajstić information content (AvgIpc) is 2.76. The molecule has 1 aliphatic heterocycles. The summed E-state index contributed by atoms with van der Waals surface area (Å²) in [6.45, 7) is 6.04. The lowest BCUT2D eigenvalue weighted by atomic mass is 9.93. The van der Waals surface area contributed by atoms with E-state index in [-0.39, 0.29) is 23.5 Å². The minimum absolute atomic E-state index is 0.0721. The molecule has 1 fully saturated rings. The molecule has 2 heterocycles. The molecule has 0 radical (unpaired) electrons. The lowest BCUT2D eigenvalue weighted by molar-refractivity contribution is -0.138. The van der Waals surface area contributed by atoms with Crippen LogP contribution in [0.4, 0.5) is 18.0 Å². The van der Waals surface area contributed by atoms with Crippen LogP contribution in [0.3, 0.4) is 0 Å². The molecule has 184 valence electrons. The lowest BCUT2D eigenvalue weighted by Gasteiger charge is -2.33. The van der Waals surface area contributed by atoms with E-state index >= 15 is 0 Å². The number of aromatic nitrogens is 1. The van der Waals surface area contributed by atoms with Crippen molar-refractivity contribution in [2.75, 3.05) is 13.1 Å². The minimum Gasteiger partial charge on any atom is -0.478 e. The molecule has 0 saturated carbocycles. The number of likely N-dealkylation sites (tertiary alicyclic amines) is 1. The number of amides is 1. The van der Waals surface area contributed by atoms with Gasteiger partial charge in [-0.05, 0) is 51.8 Å². The number of piperidine rings is 1. The summed E-state index contributed by atoms with van der Waals surface area (Å²) in [5.74, 6) is -1.20. The first-order chi connectivity index (χ1) is 15.8. The van der Waals surface area contributed by atoms with Gasteiger partial charge in [0.1, 0.15) is 12.2 Å². The zero-order valence-corrected chi connectivity index (χ0v) is 19.2. The Bertz CT molecular complexity index is 1040. The quantitative estimate of drug-likeness (QED) is 0.609. The number of nitrogens with zero attached hydrogens (tertiary/aromatic N) is 2. The standard InChI is InChI=1S/C24H27F3N2O5/c1-23(2,3)34-22(32)29-11-9-15(10-12-29)19-5-4-6-20(28-19)33-14-17-8-7-16(21(30)31)13-18(17)24(25,26)27/h4-8,13,15H,9-12,14H2,1-3H3,(H,30,31). The molecule has 0 bridgehead atoms. The van der Waals surface area contributed by atoms with Gasteiger partial charge < -0.3 is 19.5 Å². The Morgan fingerprint density at radius 1 is 1.12 bits per heavy atom. The highest BCUT2D eigenvalue weighted by Gasteiger charge is 2.34. The second-order valence-electron chi connectivity index (χ2n) is 9.11. The van der Waals surface area contributed by atoms with Gasteiger partial charge >= 0.3 is 18.2 Å². The fraction of sp³-hybridized carbons (Fsp3) is 0.458. The fourth-order valence-corrected chi connectivity index (χ4v) is 3.67. The fourth-order valence-electron chi connectivity index (χ4n) is 3.67. The van der Waals surface area contributed by atoms with Gasteiger partial charge in [-0.25, -0.2) is 14.6 Å². The maximum absolute atomic E-state index is 13.4. The normalized spacial score (nSPS) is 15.2. The van der Waals surface area contributed by atoms with Crippen molar-refractivity contribution in [1.29, 1.82) is 0 Å². The predicted molar refractivity (Wildman–Crippen MR) is 117 cm³/mol. The number of benzene rings is 1. The van der Waals surface area contributed by atoms with Gasteiger partial charge in [-0.1, -0.05) is 12.1 Å². The maximum atomic E-state index is 13.4. The average molecular weight is 480 g/mol. The molecule has 34 heavy (non-hydrogen) atoms. The minimum atomic E-state index is -4.72. The number of hydrogen-bond acceptors (Lipinski definition) is 5. The number of carboxylic acids is 1. The maximum Gasteiger partial charge on any atom is 0.416 e. The molecule has 0 spiro atoms. The SMILES string of the molecule is CC(C)(C)OC(=O)N1CCC(c2cccc(OCc3ccc(C(=O)O)cc3C(F)(F)F)n2)CC1. The molecule has 1 aromatic carbocycles. The largest absolute Gasteiger partial charge is 0.478 e. The summed E-state index contributed by atoms with van der Waals surface area (Å²) in [7, 11) is 0. The number of rotatable bonds is 5. The van der Waals surface area contributed by atoms with Crippen LogP contribution in [-0.4, -0.2) is 45.7 Å². The molecule has 2 aromatic rings. The summed E-state index contributed by atoms with van der Waals surface area (Å²) >= 11 is 0. The molecule has 1 N–H and O–H groups in total. The van der Waals surface area contributed by atoms with E-state index in [1.54, 1.807) is 17.0 Å². The second-order valence-corrected chi connectivity index (χ2v) is 9.11. The van der Waals surface area contributed by atoms with Crippen LogP contribution in [-0.2, 0) is 17.5 Å². The van der Waals surface area contributed by atoms with Crippen molar-refractivity contribution in [1.82, 2.24) is 9.88 Å². The van der Waals surface area contributed by atoms with Crippen LogP contribution in [0.25, 0.3) is 0 Å². The number of ether oxygens (including phenoxy) is 2. The van der Waals surface area contributed by atoms with Crippen LogP contribution in [0.2, 0.25) is 0 Å². The predicted octanol–water partition coefficient (Wildman–Crippen LogP) is 5.49. The highest BCUT2D eigenvalue weighted by molar-refractivity contribution is 5.88. The summed E-state index contributed by atoms with van der Waals surface area (Å²) in [5.41, 5.74) is -1.53. The number of halogens is 3. The summed E-state index contributed by atoms with van der Waals surface area (Å²) in [6, 6.07) is 7.90. The van der Waals surface area contributed by atoms with Crippen molar-refractivity contribution in [2.45, 2.75) is 57.9 Å². The number of aromatic carboxylic acids is 1. The summed E-state index contributed by atoms with van der Waals surface area (Å²) in [6.07, 6.45) is -3.73. The molecule has 0 atom stereocenters. The van der Waals surface area contributed by atoms with Gasteiger partial charge in [0.2, 0.25) is 5.88 Å². The monoisotopic (exact) mass is 480 g/mol. The Labute approximate surface area is 195 Å². The molecular formula is C24H27F3N2O5. The van der Waals surface area contributed by atoms with E-state index in [9.17, 15) is 22.8 Å². The van der Waals surface area contributed by atoms with Crippen LogP contribution in [0.5, 0.6) is 5.88 Å². The molecule has 0 aliphatic carbocycles. The van der Waals surface area contributed by atoms with Crippen LogP contribution >= 0.6 is 0 Å². The van der Waals surface area contributed by atoms with E-state index in [2.05, 4.69) is 4.98 Å². The number of carbonyl (C=O) groups excluding carboxylic acids is 1. The topological polar surface area (TPSA) is 89.0 Å². The summed E-state index contributed by atoms with van der Waals surface area (Å²) < 4.78 is 51.1. The van der Waals surface area contributed by atoms with Gasteiger partial charge in [0, 0.05) is 36.3 Å². The highest BCUT2D eigenvalue weighted by atomic mass is 19.4. The van der Waals surface area contributed by atoms with Crippen LogP contribution in [0, 0.1) is 0 Å². The number of pyridine rings is 1. The van der Waals surface area contributed by atoms with Gasteiger partial charge in [0.05, 0.1) is 11.1 Å². The molecule has 10 heteroatoms. The first kappa shape index (κ1) is 25.3. The van der Waals surface area contributed by atoms with Crippen molar-refractivity contribution in [2.24, 2.45) is 0 Å². The van der Waals surface area contributed by atoms with Crippen LogP contribution < -0.4 is 4.74 Å². The zero-order valence-electron chi connectivity index (χ0n) is 19.2. The van der Waals surface area contributed by atoms with Gasteiger partial charge in [-0.2, -0.15) is 13.2 Å². The lowest BCUT2D eigenvalue weighted by Crippen LogP contribution is -2.41. The Morgan fingerprint density at radius 2 is 1.79 bits per heavy atom. The van der Waals surface area contributed by atoms with Crippen molar-refractivity contribution >= 4 is 12.1 Å². The van der Waals surface area contributed by atoms with E-state index < -0.39 is 35.5 Å². The Hall–Kier alpha value is -3.30. The molecule has 1 saturated heterocycles. The van der Waals surface area contributed by atoms with E-state index in [4.69, 9.17) is 14.6 Å². The third-order valence-corrected chi connectivity index (χ3v) is 5.35. The van der Waals surface area contributed by atoms with Crippen molar-refractivity contribution < 1.29 is 37.3 Å². The van der Waals surface area contributed by atoms with E-state index in [1.165, 1.54) is 0 Å². The van der Waals surface area contributed by atoms with Gasteiger partial charge in [0.15, 0.2) is 0 Å². The Balaban J connectivity index is 1.65. The van der Waals surface area contributed by atoms with Crippen molar-refractivity contribution in [3.8, 4) is 5.88 Å². The number of carbonyl (C=O) groups is 2. The summed E-state index contributed by atoms with van der Waals surface area (Å²) in [5, 5.41) is 8.99. The smallest absolute Gasteiger partial charge is 0.416 e. The van der Waals surface area contributed by atoms with Crippen molar-refractivity contribution in [3.63, 3.8) is 0 Å². The zero-order chi connectivity index (χ0) is 25.1.